The van der Waals surface area contributed by atoms with Crippen LogP contribution in [0.2, 0.25) is 0 Å². The maximum atomic E-state index is 10.5. The Morgan fingerprint density at radius 3 is 2.20 bits per heavy atom. The van der Waals surface area contributed by atoms with Crippen molar-refractivity contribution in [2.24, 2.45) is 0 Å². The number of rotatable bonds is 3. The van der Waals surface area contributed by atoms with Gasteiger partial charge in [-0.15, -0.1) is 0 Å². The minimum absolute atomic E-state index is 0.0261. The quantitative estimate of drug-likeness (QED) is 0.444. The second-order valence-electron chi connectivity index (χ2n) is 2.53. The summed E-state index contributed by atoms with van der Waals surface area (Å²) in [5, 5.41) is 0. The third-order valence-corrected chi connectivity index (χ3v) is 0.828. The van der Waals surface area contributed by atoms with Crippen LogP contribution in [-0.2, 0) is 9.53 Å². The summed E-state index contributed by atoms with van der Waals surface area (Å²) in [5.74, 6) is 0.709. The number of ketones is 1. The van der Waals surface area contributed by atoms with Gasteiger partial charge in [-0.2, -0.15) is 0 Å². The number of allylic oxidation sites excluding steroid dienone is 2. The minimum atomic E-state index is 0.0261. The van der Waals surface area contributed by atoms with Gasteiger partial charge in [0.25, 0.3) is 0 Å². The molecule has 0 unspecified atom stereocenters. The van der Waals surface area contributed by atoms with Crippen LogP contribution in [0, 0.1) is 0 Å². The first-order chi connectivity index (χ1) is 4.52. The van der Waals surface area contributed by atoms with Crippen LogP contribution in [0.25, 0.3) is 0 Å². The largest absolute Gasteiger partial charge is 0.496 e. The molecule has 10 heavy (non-hydrogen) atoms. The Bertz CT molecular complexity index is 145. The summed E-state index contributed by atoms with van der Waals surface area (Å²) in [7, 11) is 0. The summed E-state index contributed by atoms with van der Waals surface area (Å²) in [5.41, 5.74) is 0. The molecule has 0 aromatic carbocycles. The van der Waals surface area contributed by atoms with Gasteiger partial charge in [0.2, 0.25) is 0 Å². The molecule has 0 atom stereocenters. The zero-order valence-electron chi connectivity index (χ0n) is 6.97. The third kappa shape index (κ3) is 5.35. The molecule has 2 heteroatoms. The molecule has 0 spiro atoms. The second-order valence-corrected chi connectivity index (χ2v) is 2.53. The monoisotopic (exact) mass is 142 g/mol. The highest BCUT2D eigenvalue weighted by atomic mass is 16.5. The molecule has 0 rings (SSSR count). The number of ether oxygens (including phenoxy) is 1. The van der Waals surface area contributed by atoms with E-state index >= 15 is 0 Å². The van der Waals surface area contributed by atoms with E-state index in [2.05, 4.69) is 0 Å². The van der Waals surface area contributed by atoms with Gasteiger partial charge in [-0.1, -0.05) is 0 Å². The maximum absolute atomic E-state index is 10.5. The molecule has 0 amide bonds. The summed E-state index contributed by atoms with van der Waals surface area (Å²) in [4.78, 5) is 10.5. The van der Waals surface area contributed by atoms with Gasteiger partial charge >= 0.3 is 0 Å². The second kappa shape index (κ2) is 4.09. The summed E-state index contributed by atoms with van der Waals surface area (Å²) >= 11 is 0. The van der Waals surface area contributed by atoms with Crippen molar-refractivity contribution in [3.05, 3.63) is 11.8 Å². The maximum Gasteiger partial charge on any atom is 0.155 e. The molecule has 0 bridgehead atoms. The molecule has 0 radical (unpaired) electrons. The lowest BCUT2D eigenvalue weighted by Crippen LogP contribution is -2.01. The average Bonchev–Trinajstić information content (AvgIpc) is 1.58. The first-order valence-electron chi connectivity index (χ1n) is 3.38. The van der Waals surface area contributed by atoms with E-state index in [0.29, 0.717) is 5.76 Å². The highest BCUT2D eigenvalue weighted by molar-refractivity contribution is 5.87. The Morgan fingerprint density at radius 2 is 1.90 bits per heavy atom. The SMILES string of the molecule is CC(=O)C=C(C)OC(C)C. The van der Waals surface area contributed by atoms with Crippen LogP contribution in [0.1, 0.15) is 27.7 Å². The molecule has 0 saturated carbocycles. The molecule has 58 valence electrons. The molecule has 0 fully saturated rings. The van der Waals surface area contributed by atoms with Crippen LogP contribution < -0.4 is 0 Å². The van der Waals surface area contributed by atoms with E-state index in [1.807, 2.05) is 13.8 Å². The fourth-order valence-corrected chi connectivity index (χ4v) is 0.692. The van der Waals surface area contributed by atoms with Crippen LogP contribution in [-0.4, -0.2) is 11.9 Å². The summed E-state index contributed by atoms with van der Waals surface area (Å²) in [6.45, 7) is 7.14. The standard InChI is InChI=1S/C8H14O2/c1-6(2)10-8(4)5-7(3)9/h5-6H,1-4H3. The fraction of sp³-hybridized carbons (Fsp3) is 0.625. The molecule has 0 aromatic heterocycles. The van der Waals surface area contributed by atoms with Crippen LogP contribution in [0.3, 0.4) is 0 Å². The van der Waals surface area contributed by atoms with E-state index in [-0.39, 0.29) is 11.9 Å². The number of hydrogen-bond donors (Lipinski definition) is 0. The number of carbonyl (C=O) groups excluding carboxylic acids is 1. The third-order valence-electron chi connectivity index (χ3n) is 0.828. The minimum Gasteiger partial charge on any atom is -0.496 e. The molecule has 0 saturated heterocycles. The Kier molecular flexibility index (Phi) is 3.77. The number of hydrogen-bond acceptors (Lipinski definition) is 2. The van der Waals surface area contributed by atoms with E-state index in [1.165, 1.54) is 13.0 Å². The molecule has 0 N–H and O–H groups in total. The van der Waals surface area contributed by atoms with Crippen molar-refractivity contribution in [2.45, 2.75) is 33.8 Å². The van der Waals surface area contributed by atoms with E-state index in [4.69, 9.17) is 4.74 Å². The Morgan fingerprint density at radius 1 is 1.40 bits per heavy atom. The van der Waals surface area contributed by atoms with Gasteiger partial charge in [0.15, 0.2) is 5.78 Å². The summed E-state index contributed by atoms with van der Waals surface area (Å²) in [6, 6.07) is 0. The number of carbonyl (C=O) groups is 1. The molecular formula is C8H14O2. The zero-order chi connectivity index (χ0) is 8.15. The predicted octanol–water partition coefficient (Wildman–Crippen LogP) is 1.90. The van der Waals surface area contributed by atoms with Crippen molar-refractivity contribution in [3.8, 4) is 0 Å². The average molecular weight is 142 g/mol. The lowest BCUT2D eigenvalue weighted by Gasteiger charge is -2.08. The van der Waals surface area contributed by atoms with Crippen molar-refractivity contribution in [1.82, 2.24) is 0 Å². The van der Waals surface area contributed by atoms with Crippen LogP contribution in [0.15, 0.2) is 11.8 Å². The van der Waals surface area contributed by atoms with Gasteiger partial charge in [0.1, 0.15) is 0 Å². The summed E-state index contributed by atoms with van der Waals surface area (Å²) in [6.07, 6.45) is 1.63. The molecule has 0 aliphatic heterocycles. The van der Waals surface area contributed by atoms with Gasteiger partial charge in [-0.05, 0) is 27.7 Å². The smallest absolute Gasteiger partial charge is 0.155 e. The van der Waals surface area contributed by atoms with Gasteiger partial charge < -0.3 is 4.74 Å². The Hall–Kier alpha value is -0.790. The Labute approximate surface area is 61.9 Å². The first-order valence-corrected chi connectivity index (χ1v) is 3.38. The molecular weight excluding hydrogens is 128 g/mol. The fourth-order valence-electron chi connectivity index (χ4n) is 0.692. The van der Waals surface area contributed by atoms with Crippen molar-refractivity contribution < 1.29 is 9.53 Å². The van der Waals surface area contributed by atoms with Gasteiger partial charge in [0.05, 0.1) is 11.9 Å². The zero-order valence-corrected chi connectivity index (χ0v) is 6.97. The van der Waals surface area contributed by atoms with E-state index in [1.54, 1.807) is 6.92 Å². The lowest BCUT2D eigenvalue weighted by atomic mass is 10.3. The molecule has 0 aromatic rings. The van der Waals surface area contributed by atoms with Crippen molar-refractivity contribution in [1.29, 1.82) is 0 Å². The van der Waals surface area contributed by atoms with Crippen LogP contribution >= 0.6 is 0 Å². The van der Waals surface area contributed by atoms with Crippen LogP contribution in [0.5, 0.6) is 0 Å². The normalized spacial score (nSPS) is 11.9. The molecule has 0 aliphatic rings. The summed E-state index contributed by atoms with van der Waals surface area (Å²) < 4.78 is 5.20. The first kappa shape index (κ1) is 9.21. The van der Waals surface area contributed by atoms with Crippen molar-refractivity contribution in [3.63, 3.8) is 0 Å². The van der Waals surface area contributed by atoms with Crippen molar-refractivity contribution >= 4 is 5.78 Å². The van der Waals surface area contributed by atoms with Crippen LogP contribution in [0.4, 0.5) is 0 Å². The highest BCUT2D eigenvalue weighted by Gasteiger charge is 1.95. The van der Waals surface area contributed by atoms with E-state index in [0.717, 1.165) is 0 Å². The Balaban J connectivity index is 3.83. The van der Waals surface area contributed by atoms with E-state index < -0.39 is 0 Å². The molecule has 0 aliphatic carbocycles. The predicted molar refractivity (Wildman–Crippen MR) is 40.7 cm³/mol. The van der Waals surface area contributed by atoms with Gasteiger partial charge in [0, 0.05) is 6.08 Å². The molecule has 2 nitrogen and oxygen atoms in total. The van der Waals surface area contributed by atoms with Gasteiger partial charge in [-0.25, -0.2) is 0 Å². The van der Waals surface area contributed by atoms with Gasteiger partial charge in [-0.3, -0.25) is 4.79 Å². The lowest BCUT2D eigenvalue weighted by molar-refractivity contribution is -0.112. The van der Waals surface area contributed by atoms with Crippen molar-refractivity contribution in [2.75, 3.05) is 0 Å². The topological polar surface area (TPSA) is 26.3 Å². The molecule has 0 heterocycles. The van der Waals surface area contributed by atoms with E-state index in [9.17, 15) is 4.79 Å². The highest BCUT2D eigenvalue weighted by Crippen LogP contribution is 1.99.